The summed E-state index contributed by atoms with van der Waals surface area (Å²) >= 11 is 1.30. The van der Waals surface area contributed by atoms with Crippen molar-refractivity contribution in [2.75, 3.05) is 0 Å². The van der Waals surface area contributed by atoms with E-state index in [4.69, 9.17) is 0 Å². The van der Waals surface area contributed by atoms with E-state index >= 15 is 0 Å². The summed E-state index contributed by atoms with van der Waals surface area (Å²) in [6, 6.07) is 7.41. The summed E-state index contributed by atoms with van der Waals surface area (Å²) in [5.41, 5.74) is 0.976. The Kier molecular flexibility index (Phi) is 10.3. The Morgan fingerprint density at radius 3 is 1.86 bits per heavy atom. The van der Waals surface area contributed by atoms with Gasteiger partial charge in [0.2, 0.25) is 0 Å². The molecule has 22 heavy (non-hydrogen) atoms. The fraction of sp³-hybridized carbons (Fsp3) is 0.667. The molecule has 1 aromatic rings. The molecule has 0 aliphatic carbocycles. The molecule has 1 rings (SSSR count). The first kappa shape index (κ1) is 19.9. The van der Waals surface area contributed by atoms with Crippen LogP contribution in [0.3, 0.4) is 0 Å². The van der Waals surface area contributed by atoms with Gasteiger partial charge >= 0.3 is 127 Å². The Balaban J connectivity index is 2.16. The van der Waals surface area contributed by atoms with Gasteiger partial charge in [-0.05, 0) is 0 Å². The maximum atomic E-state index is 11.7. The molecule has 4 heteroatoms. The number of rotatable bonds is 12. The van der Waals surface area contributed by atoms with E-state index in [1.165, 1.54) is 76.9 Å². The van der Waals surface area contributed by atoms with Gasteiger partial charge in [-0.2, -0.15) is 0 Å². The summed E-state index contributed by atoms with van der Waals surface area (Å²) in [5.74, 6) is 0. The molecular weight excluding hydrogens is 328 g/mol. The van der Waals surface area contributed by atoms with Crippen molar-refractivity contribution < 1.29 is 27.6 Å². The van der Waals surface area contributed by atoms with Crippen LogP contribution < -0.4 is 0 Å². The first-order valence-corrected chi connectivity index (χ1v) is 12.0. The third-order valence-electron chi connectivity index (χ3n) is 4.06. The molecule has 0 aliphatic rings. The van der Waals surface area contributed by atoms with Crippen molar-refractivity contribution in [3.8, 4) is 0 Å². The quantitative estimate of drug-likeness (QED) is 0.371. The standard InChI is InChI=1S/C18H29O2S.Ti/c1-2-3-4-5-6-7-8-9-10-11-14-17-15-12-13-16-18(17)21(19)20;/h12-13,15-16H,2-11,14H2,1H3;. The first-order valence-electron chi connectivity index (χ1n) is 8.63. The SMILES string of the molecule is CCCCCCCCCCCCc1ccccc1[S](=O)(=O)[Ti]. The van der Waals surface area contributed by atoms with Crippen molar-refractivity contribution in [2.24, 2.45) is 0 Å². The van der Waals surface area contributed by atoms with Gasteiger partial charge in [0, 0.05) is 0 Å². The number of unbranched alkanes of at least 4 members (excludes halogenated alkanes) is 9. The minimum absolute atomic E-state index is 0.505. The predicted molar refractivity (Wildman–Crippen MR) is 89.2 cm³/mol. The molecule has 0 radical (unpaired) electrons. The first-order chi connectivity index (χ1) is 10.6. The van der Waals surface area contributed by atoms with Crippen LogP contribution in [0.2, 0.25) is 0 Å². The zero-order valence-corrected chi connectivity index (χ0v) is 16.2. The third-order valence-corrected chi connectivity index (χ3v) is 6.07. The molecular formula is C18H29O2STi. The van der Waals surface area contributed by atoms with Crippen LogP contribution in [0.15, 0.2) is 29.2 Å². The summed E-state index contributed by atoms with van der Waals surface area (Å²) in [6.45, 7) is 2.25. The molecule has 0 saturated heterocycles. The molecule has 1 aromatic carbocycles. The zero-order valence-electron chi connectivity index (χ0n) is 13.8. The van der Waals surface area contributed by atoms with Gasteiger partial charge in [0.05, 0.1) is 0 Å². The van der Waals surface area contributed by atoms with E-state index < -0.39 is 7.42 Å². The van der Waals surface area contributed by atoms with Crippen LogP contribution in [0, 0.1) is 0 Å². The minimum atomic E-state index is -3.10. The number of benzene rings is 1. The second-order valence-electron chi connectivity index (χ2n) is 6.04. The second kappa shape index (κ2) is 11.4. The van der Waals surface area contributed by atoms with Crippen molar-refractivity contribution in [2.45, 2.75) is 82.4 Å². The van der Waals surface area contributed by atoms with Crippen LogP contribution in [-0.2, 0) is 33.0 Å². The Morgan fingerprint density at radius 1 is 0.818 bits per heavy atom. The number of hydrogen-bond donors (Lipinski definition) is 0. The van der Waals surface area contributed by atoms with Gasteiger partial charge in [0.15, 0.2) is 0 Å². The van der Waals surface area contributed by atoms with E-state index in [0.29, 0.717) is 4.90 Å². The molecule has 0 heterocycles. The predicted octanol–water partition coefficient (Wildman–Crippen LogP) is 5.39. The molecule has 0 aliphatic heterocycles. The molecule has 0 fully saturated rings. The molecule has 0 unspecified atom stereocenters. The second-order valence-corrected chi connectivity index (χ2v) is 10.0. The van der Waals surface area contributed by atoms with Crippen LogP contribution in [0.1, 0.15) is 76.7 Å². The van der Waals surface area contributed by atoms with Crippen LogP contribution in [0.25, 0.3) is 0 Å². The molecule has 0 spiro atoms. The van der Waals surface area contributed by atoms with E-state index in [0.717, 1.165) is 18.4 Å². The average molecular weight is 357 g/mol. The van der Waals surface area contributed by atoms with Crippen molar-refractivity contribution >= 4 is 7.42 Å². The average Bonchev–Trinajstić information content (AvgIpc) is 2.48. The van der Waals surface area contributed by atoms with Crippen molar-refractivity contribution in [3.05, 3.63) is 29.8 Å². The molecule has 0 amide bonds. The maximum absolute atomic E-state index is 11.7. The van der Waals surface area contributed by atoms with Crippen LogP contribution in [-0.4, -0.2) is 8.42 Å². The Hall–Kier alpha value is -0.116. The molecule has 0 saturated carbocycles. The Bertz CT molecular complexity index is 512. The summed E-state index contributed by atoms with van der Waals surface area (Å²) in [5, 5.41) is 0. The van der Waals surface area contributed by atoms with E-state index in [1.54, 1.807) is 12.1 Å². The molecule has 2 nitrogen and oxygen atoms in total. The van der Waals surface area contributed by atoms with E-state index in [9.17, 15) is 8.42 Å². The summed E-state index contributed by atoms with van der Waals surface area (Å²) in [6.07, 6.45) is 13.9. The van der Waals surface area contributed by atoms with Crippen molar-refractivity contribution in [1.29, 1.82) is 0 Å². The normalized spacial score (nSPS) is 11.6. The zero-order chi connectivity index (χ0) is 16.3. The fourth-order valence-electron chi connectivity index (χ4n) is 2.78. The van der Waals surface area contributed by atoms with Gasteiger partial charge in [-0.3, -0.25) is 0 Å². The molecule has 0 N–H and O–H groups in total. The third kappa shape index (κ3) is 8.50. The molecule has 0 aromatic heterocycles. The topological polar surface area (TPSA) is 34.1 Å². The van der Waals surface area contributed by atoms with Crippen LogP contribution in [0.5, 0.6) is 0 Å². The van der Waals surface area contributed by atoms with E-state index in [1.807, 2.05) is 12.1 Å². The number of aryl methyl sites for hydroxylation is 1. The fourth-order valence-corrected chi connectivity index (χ4v) is 4.48. The van der Waals surface area contributed by atoms with Gasteiger partial charge < -0.3 is 0 Å². The molecule has 0 atom stereocenters. The summed E-state index contributed by atoms with van der Waals surface area (Å²) in [7, 11) is -3.10. The van der Waals surface area contributed by atoms with Gasteiger partial charge in [-0.15, -0.1) is 0 Å². The summed E-state index contributed by atoms with van der Waals surface area (Å²) in [4.78, 5) is 0.505. The summed E-state index contributed by atoms with van der Waals surface area (Å²) < 4.78 is 23.5. The van der Waals surface area contributed by atoms with Crippen LogP contribution >= 0.6 is 0 Å². The van der Waals surface area contributed by atoms with Gasteiger partial charge in [0.1, 0.15) is 0 Å². The van der Waals surface area contributed by atoms with Gasteiger partial charge in [0.25, 0.3) is 0 Å². The van der Waals surface area contributed by atoms with Gasteiger partial charge in [-0.25, -0.2) is 0 Å². The Labute approximate surface area is 147 Å². The van der Waals surface area contributed by atoms with Crippen LogP contribution in [0.4, 0.5) is 0 Å². The van der Waals surface area contributed by atoms with Gasteiger partial charge in [-0.1, -0.05) is 19.8 Å². The van der Waals surface area contributed by atoms with E-state index in [2.05, 4.69) is 6.92 Å². The monoisotopic (exact) mass is 357 g/mol. The molecule has 0 bridgehead atoms. The van der Waals surface area contributed by atoms with E-state index in [-0.39, 0.29) is 0 Å². The number of hydrogen-bond acceptors (Lipinski definition) is 2. The van der Waals surface area contributed by atoms with Crippen molar-refractivity contribution in [1.82, 2.24) is 0 Å². The van der Waals surface area contributed by atoms with Crippen molar-refractivity contribution in [3.63, 3.8) is 0 Å². The Morgan fingerprint density at radius 2 is 1.32 bits per heavy atom. The molecule has 123 valence electrons.